The molecule has 24 heavy (non-hydrogen) atoms. The van der Waals surface area contributed by atoms with Gasteiger partial charge in [-0.1, -0.05) is 43.3 Å². The average Bonchev–Trinajstić information content (AvgIpc) is 3.09. The second-order valence-corrected chi connectivity index (χ2v) is 5.78. The van der Waals surface area contributed by atoms with Crippen molar-refractivity contribution in [2.45, 2.75) is 19.4 Å². The topological polar surface area (TPSA) is 42.7 Å². The van der Waals surface area contributed by atoms with Gasteiger partial charge >= 0.3 is 0 Å². The Bertz CT molecular complexity index is 896. The Balaban J connectivity index is 1.78. The molecule has 2 aromatic carbocycles. The number of fused-ring (bicyclic) bond motifs is 1. The van der Waals surface area contributed by atoms with Gasteiger partial charge in [0.25, 0.3) is 0 Å². The van der Waals surface area contributed by atoms with Gasteiger partial charge in [-0.25, -0.2) is 9.07 Å². The number of halogens is 1. The van der Waals surface area contributed by atoms with Crippen LogP contribution < -0.4 is 5.32 Å². The van der Waals surface area contributed by atoms with E-state index in [-0.39, 0.29) is 11.9 Å². The van der Waals surface area contributed by atoms with Gasteiger partial charge in [-0.3, -0.25) is 0 Å². The third kappa shape index (κ3) is 2.58. The first kappa shape index (κ1) is 14.6. The van der Waals surface area contributed by atoms with Gasteiger partial charge in [0, 0.05) is 5.70 Å². The normalized spacial score (nSPS) is 16.2. The molecule has 0 amide bonds. The fraction of sp³-hybridized carbons (Fsp3) is 0.158. The van der Waals surface area contributed by atoms with E-state index in [4.69, 9.17) is 0 Å². The number of hydrogen-bond acceptors (Lipinski definition) is 3. The van der Waals surface area contributed by atoms with Crippen molar-refractivity contribution in [3.8, 4) is 0 Å². The highest BCUT2D eigenvalue weighted by molar-refractivity contribution is 5.77. The Morgan fingerprint density at radius 2 is 2.00 bits per heavy atom. The van der Waals surface area contributed by atoms with Crippen molar-refractivity contribution in [3.05, 3.63) is 83.4 Å². The van der Waals surface area contributed by atoms with Crippen LogP contribution in [0.2, 0.25) is 0 Å². The van der Waals surface area contributed by atoms with Crippen LogP contribution in [-0.2, 0) is 6.42 Å². The molecule has 4 nitrogen and oxygen atoms in total. The summed E-state index contributed by atoms with van der Waals surface area (Å²) in [6, 6.07) is 14.8. The molecule has 5 heteroatoms. The summed E-state index contributed by atoms with van der Waals surface area (Å²) in [5, 5.41) is 7.58. The molecule has 3 aromatic rings. The summed E-state index contributed by atoms with van der Waals surface area (Å²) >= 11 is 0. The molecule has 1 aromatic heterocycles. The minimum Gasteiger partial charge on any atom is -0.324 e. The SMILES string of the molecule is CCc1ccc(C2=CC(c3cccc(F)c3)n3ncnc3N2)cc1. The number of hydrogen-bond donors (Lipinski definition) is 1. The first-order chi connectivity index (χ1) is 11.7. The molecule has 1 unspecified atom stereocenters. The van der Waals surface area contributed by atoms with E-state index in [9.17, 15) is 4.39 Å². The molecule has 0 fully saturated rings. The summed E-state index contributed by atoms with van der Waals surface area (Å²) in [6.07, 6.45) is 4.57. The van der Waals surface area contributed by atoms with Crippen LogP contribution in [-0.4, -0.2) is 14.8 Å². The fourth-order valence-electron chi connectivity index (χ4n) is 2.95. The van der Waals surface area contributed by atoms with Crippen LogP contribution in [0.3, 0.4) is 0 Å². The first-order valence-electron chi connectivity index (χ1n) is 7.97. The van der Waals surface area contributed by atoms with Crippen molar-refractivity contribution in [2.24, 2.45) is 0 Å². The van der Waals surface area contributed by atoms with E-state index < -0.39 is 0 Å². The lowest BCUT2D eigenvalue weighted by Crippen LogP contribution is -2.20. The van der Waals surface area contributed by atoms with E-state index in [1.807, 2.05) is 6.07 Å². The lowest BCUT2D eigenvalue weighted by Gasteiger charge is -2.24. The van der Waals surface area contributed by atoms with E-state index in [1.54, 1.807) is 10.7 Å². The molecule has 0 bridgehead atoms. The summed E-state index contributed by atoms with van der Waals surface area (Å²) in [7, 11) is 0. The standard InChI is InChI=1S/C19H17FN4/c1-2-13-6-8-14(9-7-13)17-11-18(15-4-3-5-16(20)10-15)24-19(23-17)21-12-22-24/h3-12,18H,2H2,1H3,(H,21,22,23). The number of aryl methyl sites for hydroxylation is 1. The van der Waals surface area contributed by atoms with Crippen molar-refractivity contribution in [3.63, 3.8) is 0 Å². The van der Waals surface area contributed by atoms with E-state index in [0.29, 0.717) is 5.95 Å². The van der Waals surface area contributed by atoms with Gasteiger partial charge in [-0.05, 0) is 41.3 Å². The van der Waals surface area contributed by atoms with Crippen molar-refractivity contribution >= 4 is 11.6 Å². The summed E-state index contributed by atoms with van der Waals surface area (Å²) < 4.78 is 15.4. The zero-order chi connectivity index (χ0) is 16.5. The highest BCUT2D eigenvalue weighted by Gasteiger charge is 2.23. The van der Waals surface area contributed by atoms with Gasteiger partial charge in [0.1, 0.15) is 18.2 Å². The quantitative estimate of drug-likeness (QED) is 0.792. The molecule has 2 heterocycles. The lowest BCUT2D eigenvalue weighted by atomic mass is 10.0. The molecule has 0 saturated heterocycles. The molecule has 1 atom stereocenters. The molecular weight excluding hydrogens is 303 g/mol. The summed E-state index contributed by atoms with van der Waals surface area (Å²) in [5.74, 6) is 0.399. The summed E-state index contributed by atoms with van der Waals surface area (Å²) in [5.41, 5.74) is 4.15. The Kier molecular flexibility index (Phi) is 3.61. The molecule has 1 aliphatic heterocycles. The Labute approximate surface area is 139 Å². The maximum absolute atomic E-state index is 13.6. The van der Waals surface area contributed by atoms with E-state index in [2.05, 4.69) is 52.7 Å². The van der Waals surface area contributed by atoms with Gasteiger partial charge < -0.3 is 5.32 Å². The maximum Gasteiger partial charge on any atom is 0.226 e. The van der Waals surface area contributed by atoms with Gasteiger partial charge in [0.05, 0.1) is 0 Å². The predicted octanol–water partition coefficient (Wildman–Crippen LogP) is 4.04. The smallest absolute Gasteiger partial charge is 0.226 e. The van der Waals surface area contributed by atoms with Gasteiger partial charge in [0.15, 0.2) is 0 Å². The Hall–Kier alpha value is -2.95. The Morgan fingerprint density at radius 1 is 1.17 bits per heavy atom. The number of nitrogens with one attached hydrogen (secondary N) is 1. The Morgan fingerprint density at radius 3 is 2.75 bits per heavy atom. The van der Waals surface area contributed by atoms with E-state index in [1.165, 1.54) is 24.0 Å². The van der Waals surface area contributed by atoms with Crippen LogP contribution in [0.4, 0.5) is 10.3 Å². The first-order valence-corrected chi connectivity index (χ1v) is 7.97. The third-order valence-corrected chi connectivity index (χ3v) is 4.27. The van der Waals surface area contributed by atoms with Crippen LogP contribution >= 0.6 is 0 Å². The largest absolute Gasteiger partial charge is 0.324 e. The van der Waals surface area contributed by atoms with Crippen molar-refractivity contribution in [1.82, 2.24) is 14.8 Å². The maximum atomic E-state index is 13.6. The highest BCUT2D eigenvalue weighted by atomic mass is 19.1. The molecule has 0 radical (unpaired) electrons. The average molecular weight is 320 g/mol. The lowest BCUT2D eigenvalue weighted by molar-refractivity contribution is 0.593. The molecule has 4 rings (SSSR count). The second kappa shape index (κ2) is 5.92. The van der Waals surface area contributed by atoms with E-state index >= 15 is 0 Å². The van der Waals surface area contributed by atoms with Crippen molar-refractivity contribution in [1.29, 1.82) is 0 Å². The van der Waals surface area contributed by atoms with Crippen molar-refractivity contribution < 1.29 is 4.39 Å². The zero-order valence-corrected chi connectivity index (χ0v) is 13.3. The number of aromatic nitrogens is 3. The molecule has 0 aliphatic carbocycles. The number of rotatable bonds is 3. The molecule has 1 N–H and O–H groups in total. The molecule has 0 spiro atoms. The minimum atomic E-state index is -0.255. The molecular formula is C19H17FN4. The van der Waals surface area contributed by atoms with E-state index in [0.717, 1.165) is 23.2 Å². The number of allylic oxidation sites excluding steroid dienone is 1. The highest BCUT2D eigenvalue weighted by Crippen LogP contribution is 2.32. The fourth-order valence-corrected chi connectivity index (χ4v) is 2.95. The number of anilines is 1. The van der Waals surface area contributed by atoms with Gasteiger partial charge in [-0.2, -0.15) is 10.1 Å². The summed E-state index contributed by atoms with van der Waals surface area (Å²) in [6.45, 7) is 2.13. The van der Waals surface area contributed by atoms with Crippen LogP contribution in [0.5, 0.6) is 0 Å². The molecule has 120 valence electrons. The molecule has 1 aliphatic rings. The van der Waals surface area contributed by atoms with Crippen molar-refractivity contribution in [2.75, 3.05) is 5.32 Å². The minimum absolute atomic E-state index is 0.194. The summed E-state index contributed by atoms with van der Waals surface area (Å²) in [4.78, 5) is 4.27. The number of benzene rings is 2. The van der Waals surface area contributed by atoms with Gasteiger partial charge in [-0.15, -0.1) is 0 Å². The van der Waals surface area contributed by atoms with Crippen LogP contribution in [0.15, 0.2) is 60.9 Å². The van der Waals surface area contributed by atoms with Crippen LogP contribution in [0.1, 0.15) is 29.7 Å². The number of nitrogens with zero attached hydrogens (tertiary/aromatic N) is 3. The van der Waals surface area contributed by atoms with Crippen LogP contribution in [0, 0.1) is 5.82 Å². The predicted molar refractivity (Wildman–Crippen MR) is 92.0 cm³/mol. The monoisotopic (exact) mass is 320 g/mol. The third-order valence-electron chi connectivity index (χ3n) is 4.27. The zero-order valence-electron chi connectivity index (χ0n) is 13.3. The van der Waals surface area contributed by atoms with Crippen LogP contribution in [0.25, 0.3) is 5.70 Å². The molecule has 0 saturated carbocycles. The second-order valence-electron chi connectivity index (χ2n) is 5.78. The van der Waals surface area contributed by atoms with Gasteiger partial charge in [0.2, 0.25) is 5.95 Å².